The van der Waals surface area contributed by atoms with Crippen LogP contribution in [0.2, 0.25) is 0 Å². The minimum Gasteiger partial charge on any atom is -0.302 e. The van der Waals surface area contributed by atoms with Crippen molar-refractivity contribution >= 4 is 28.2 Å². The summed E-state index contributed by atoms with van der Waals surface area (Å²) in [6.07, 6.45) is 1.99. The number of hydrogen-bond donors (Lipinski definition) is 1. The summed E-state index contributed by atoms with van der Waals surface area (Å²) in [5, 5.41) is 3.10. The molecule has 0 saturated carbocycles. The fraction of sp³-hybridized carbons (Fsp3) is 0.375. The zero-order chi connectivity index (χ0) is 9.84. The molecule has 1 amide bonds. The molecule has 0 spiro atoms. The van der Waals surface area contributed by atoms with Crippen LogP contribution in [0.15, 0.2) is 6.20 Å². The van der Waals surface area contributed by atoms with E-state index in [0.717, 1.165) is 4.88 Å². The number of nitrogens with one attached hydrogen (secondary N) is 1. The lowest BCUT2D eigenvalue weighted by Crippen LogP contribution is -2.04. The SMILES string of the molecule is CC(=O)Cc1cnc(NC(C)=O)s1. The van der Waals surface area contributed by atoms with Gasteiger partial charge in [-0.15, -0.1) is 11.3 Å². The Labute approximate surface area is 80.0 Å². The molecule has 1 N–H and O–H groups in total. The number of thiazole rings is 1. The summed E-state index contributed by atoms with van der Waals surface area (Å²) >= 11 is 1.33. The number of anilines is 1. The lowest BCUT2D eigenvalue weighted by molar-refractivity contribution is -0.116. The van der Waals surface area contributed by atoms with Gasteiger partial charge in [0, 0.05) is 24.4 Å². The molecule has 0 bridgehead atoms. The van der Waals surface area contributed by atoms with Gasteiger partial charge in [-0.25, -0.2) is 4.98 Å². The third-order valence-electron chi connectivity index (χ3n) is 1.26. The Balaban J connectivity index is 2.63. The molecule has 1 aromatic rings. The first-order chi connectivity index (χ1) is 6.08. The lowest BCUT2D eigenvalue weighted by Gasteiger charge is -1.92. The van der Waals surface area contributed by atoms with Crippen molar-refractivity contribution in [2.24, 2.45) is 0 Å². The monoisotopic (exact) mass is 198 g/mol. The molecule has 0 aliphatic heterocycles. The number of Topliss-reactive ketones (excluding diaryl/α,β-unsaturated/α-hetero) is 1. The van der Waals surface area contributed by atoms with Gasteiger partial charge in [-0.05, 0) is 6.92 Å². The van der Waals surface area contributed by atoms with E-state index in [1.54, 1.807) is 6.20 Å². The van der Waals surface area contributed by atoms with Gasteiger partial charge in [0.05, 0.1) is 0 Å². The Hall–Kier alpha value is -1.23. The average molecular weight is 198 g/mol. The van der Waals surface area contributed by atoms with E-state index < -0.39 is 0 Å². The maximum atomic E-state index is 10.7. The van der Waals surface area contributed by atoms with Gasteiger partial charge in [-0.2, -0.15) is 0 Å². The van der Waals surface area contributed by atoms with Gasteiger partial charge in [-0.3, -0.25) is 9.59 Å². The molecule has 70 valence electrons. The van der Waals surface area contributed by atoms with Gasteiger partial charge < -0.3 is 5.32 Å². The van der Waals surface area contributed by atoms with Crippen molar-refractivity contribution in [2.45, 2.75) is 20.3 Å². The first-order valence-corrected chi connectivity index (χ1v) is 4.61. The number of hydrogen-bond acceptors (Lipinski definition) is 4. The number of rotatable bonds is 3. The number of nitrogens with zero attached hydrogens (tertiary/aromatic N) is 1. The molecule has 0 aliphatic rings. The average Bonchev–Trinajstić information content (AvgIpc) is 2.33. The van der Waals surface area contributed by atoms with E-state index in [0.29, 0.717) is 11.6 Å². The van der Waals surface area contributed by atoms with Gasteiger partial charge in [0.15, 0.2) is 5.13 Å². The van der Waals surface area contributed by atoms with E-state index in [9.17, 15) is 9.59 Å². The van der Waals surface area contributed by atoms with Crippen LogP contribution in [0.5, 0.6) is 0 Å². The van der Waals surface area contributed by atoms with Gasteiger partial charge in [0.25, 0.3) is 0 Å². The maximum absolute atomic E-state index is 10.7. The van der Waals surface area contributed by atoms with E-state index in [1.807, 2.05) is 0 Å². The Kier molecular flexibility index (Phi) is 3.13. The third kappa shape index (κ3) is 3.33. The maximum Gasteiger partial charge on any atom is 0.223 e. The third-order valence-corrected chi connectivity index (χ3v) is 2.17. The molecule has 4 nitrogen and oxygen atoms in total. The Bertz CT molecular complexity index is 302. The highest BCUT2D eigenvalue weighted by atomic mass is 32.1. The van der Waals surface area contributed by atoms with Crippen molar-refractivity contribution in [1.82, 2.24) is 4.98 Å². The zero-order valence-corrected chi connectivity index (χ0v) is 8.27. The summed E-state index contributed by atoms with van der Waals surface area (Å²) in [5.41, 5.74) is 0. The Morgan fingerprint density at radius 3 is 2.77 bits per heavy atom. The number of aromatic nitrogens is 1. The lowest BCUT2D eigenvalue weighted by atomic mass is 10.3. The minimum atomic E-state index is -0.149. The van der Waals surface area contributed by atoms with Crippen LogP contribution in [-0.4, -0.2) is 16.7 Å². The molecule has 0 aromatic carbocycles. The quantitative estimate of drug-likeness (QED) is 0.794. The van der Waals surface area contributed by atoms with Crippen LogP contribution in [0.25, 0.3) is 0 Å². The van der Waals surface area contributed by atoms with Crippen LogP contribution in [0, 0.1) is 0 Å². The number of ketones is 1. The number of carbonyl (C=O) groups excluding carboxylic acids is 2. The summed E-state index contributed by atoms with van der Waals surface area (Å²) in [6.45, 7) is 2.95. The zero-order valence-electron chi connectivity index (χ0n) is 7.46. The number of carbonyl (C=O) groups is 2. The van der Waals surface area contributed by atoms with Crippen LogP contribution in [0.1, 0.15) is 18.7 Å². The van der Waals surface area contributed by atoms with E-state index in [4.69, 9.17) is 0 Å². The van der Waals surface area contributed by atoms with Crippen molar-refractivity contribution in [1.29, 1.82) is 0 Å². The standard InChI is InChI=1S/C8H10N2O2S/c1-5(11)3-7-4-9-8(13-7)10-6(2)12/h4H,3H2,1-2H3,(H,9,10,12). The minimum absolute atomic E-state index is 0.0954. The highest BCUT2D eigenvalue weighted by molar-refractivity contribution is 7.15. The summed E-state index contributed by atoms with van der Waals surface area (Å²) in [4.78, 5) is 26.2. The van der Waals surface area contributed by atoms with E-state index in [2.05, 4.69) is 10.3 Å². The van der Waals surface area contributed by atoms with Gasteiger partial charge in [0.1, 0.15) is 5.78 Å². The molecule has 0 unspecified atom stereocenters. The van der Waals surface area contributed by atoms with Crippen LogP contribution in [0.4, 0.5) is 5.13 Å². The molecule has 1 heterocycles. The molecule has 0 radical (unpaired) electrons. The van der Waals surface area contributed by atoms with Crippen LogP contribution in [-0.2, 0) is 16.0 Å². The highest BCUT2D eigenvalue weighted by Gasteiger charge is 2.04. The molecule has 5 heteroatoms. The molecule has 0 atom stereocenters. The van der Waals surface area contributed by atoms with E-state index >= 15 is 0 Å². The first kappa shape index (κ1) is 9.85. The molecular formula is C8H10N2O2S. The topological polar surface area (TPSA) is 59.1 Å². The molecule has 1 aromatic heterocycles. The van der Waals surface area contributed by atoms with Crippen molar-refractivity contribution in [3.63, 3.8) is 0 Å². The van der Waals surface area contributed by atoms with Gasteiger partial charge in [0.2, 0.25) is 5.91 Å². The second-order valence-electron chi connectivity index (χ2n) is 2.69. The van der Waals surface area contributed by atoms with Crippen molar-refractivity contribution in [2.75, 3.05) is 5.32 Å². The molecule has 0 fully saturated rings. The van der Waals surface area contributed by atoms with Crippen LogP contribution < -0.4 is 5.32 Å². The summed E-state index contributed by atoms with van der Waals surface area (Å²) in [6, 6.07) is 0. The highest BCUT2D eigenvalue weighted by Crippen LogP contribution is 2.18. The summed E-state index contributed by atoms with van der Waals surface area (Å²) in [7, 11) is 0. The molecule has 1 rings (SSSR count). The molecule has 0 aliphatic carbocycles. The fourth-order valence-electron chi connectivity index (χ4n) is 0.843. The first-order valence-electron chi connectivity index (χ1n) is 3.79. The largest absolute Gasteiger partial charge is 0.302 e. The van der Waals surface area contributed by atoms with Crippen molar-refractivity contribution in [3.05, 3.63) is 11.1 Å². The predicted octanol–water partition coefficient (Wildman–Crippen LogP) is 1.23. The van der Waals surface area contributed by atoms with E-state index in [-0.39, 0.29) is 11.7 Å². The van der Waals surface area contributed by atoms with E-state index in [1.165, 1.54) is 25.2 Å². The molecule has 13 heavy (non-hydrogen) atoms. The number of amides is 1. The second kappa shape index (κ2) is 4.13. The second-order valence-corrected chi connectivity index (χ2v) is 3.81. The van der Waals surface area contributed by atoms with Crippen molar-refractivity contribution in [3.8, 4) is 0 Å². The Morgan fingerprint density at radius 1 is 1.54 bits per heavy atom. The smallest absolute Gasteiger partial charge is 0.223 e. The Morgan fingerprint density at radius 2 is 2.23 bits per heavy atom. The van der Waals surface area contributed by atoms with Crippen LogP contribution in [0.3, 0.4) is 0 Å². The summed E-state index contributed by atoms with van der Waals surface area (Å²) < 4.78 is 0. The molecule has 0 saturated heterocycles. The van der Waals surface area contributed by atoms with Gasteiger partial charge >= 0.3 is 0 Å². The normalized spacial score (nSPS) is 9.69. The fourth-order valence-corrected chi connectivity index (χ4v) is 1.77. The van der Waals surface area contributed by atoms with Gasteiger partial charge in [-0.1, -0.05) is 0 Å². The molecular weight excluding hydrogens is 188 g/mol. The summed E-state index contributed by atoms with van der Waals surface area (Å²) in [5.74, 6) is -0.0539. The van der Waals surface area contributed by atoms with Crippen molar-refractivity contribution < 1.29 is 9.59 Å². The predicted molar refractivity (Wildman–Crippen MR) is 50.8 cm³/mol. The van der Waals surface area contributed by atoms with Crippen LogP contribution >= 0.6 is 11.3 Å².